The van der Waals surface area contributed by atoms with Crippen molar-refractivity contribution < 1.29 is 34.3 Å². The number of hydrogen-bond donors (Lipinski definition) is 7. The van der Waals surface area contributed by atoms with Crippen molar-refractivity contribution in [3.8, 4) is 0 Å². The van der Waals surface area contributed by atoms with Crippen molar-refractivity contribution in [2.24, 2.45) is 16.5 Å². The van der Waals surface area contributed by atoms with Gasteiger partial charge in [-0.3, -0.25) is 4.99 Å². The maximum absolute atomic E-state index is 11.8. The van der Waals surface area contributed by atoms with Crippen LogP contribution in [0.15, 0.2) is 39.9 Å². The van der Waals surface area contributed by atoms with E-state index in [2.05, 4.69) is 50.5 Å². The van der Waals surface area contributed by atoms with Gasteiger partial charge in [0.05, 0.1) is 30.8 Å². The van der Waals surface area contributed by atoms with Crippen molar-refractivity contribution in [2.75, 3.05) is 20.7 Å². The number of aliphatic hydroxyl groups excluding tert-OH is 2. The zero-order chi connectivity index (χ0) is 35.6. The van der Waals surface area contributed by atoms with Crippen molar-refractivity contribution in [3.63, 3.8) is 0 Å². The molecule has 12 heteroatoms. The van der Waals surface area contributed by atoms with Crippen LogP contribution in [0, 0.1) is 0 Å². The van der Waals surface area contributed by atoms with Crippen LogP contribution in [0.25, 0.3) is 0 Å². The number of nitrogens with two attached hydrogens (primary N) is 2. The molecule has 3 rings (SSSR count). The van der Waals surface area contributed by atoms with E-state index in [4.69, 9.17) is 35.4 Å². The third-order valence-electron chi connectivity index (χ3n) is 9.93. The Balaban J connectivity index is 1.76. The monoisotopic (exact) mass is 679 g/mol. The van der Waals surface area contributed by atoms with Gasteiger partial charge in [-0.1, -0.05) is 28.9 Å². The molecule has 2 saturated heterocycles. The van der Waals surface area contributed by atoms with Gasteiger partial charge in [0, 0.05) is 18.3 Å². The number of allylic oxidation sites excluding steroid dienone is 6. The predicted molar refractivity (Wildman–Crippen MR) is 190 cm³/mol. The molecule has 3 aliphatic rings. The Hall–Kier alpha value is -1.55. The fourth-order valence-corrected chi connectivity index (χ4v) is 6.71. The molecule has 48 heavy (non-hydrogen) atoms. The third kappa shape index (κ3) is 11.5. The summed E-state index contributed by atoms with van der Waals surface area (Å²) in [6, 6.07) is -2.16. The summed E-state index contributed by atoms with van der Waals surface area (Å²) in [4.78, 5) is 4.80. The molecule has 1 aliphatic carbocycles. The van der Waals surface area contributed by atoms with E-state index in [9.17, 15) is 15.3 Å². The number of nitrogens with one attached hydrogen (secondary N) is 2. The van der Waals surface area contributed by atoms with Gasteiger partial charge in [-0.25, -0.2) is 0 Å². The first-order valence-electron chi connectivity index (χ1n) is 17.7. The van der Waals surface area contributed by atoms with E-state index >= 15 is 0 Å². The summed E-state index contributed by atoms with van der Waals surface area (Å²) in [5.41, 5.74) is 15.6. The molecule has 276 valence electrons. The quantitative estimate of drug-likeness (QED) is 0.0994. The molecule has 3 fully saturated rings. The highest BCUT2D eigenvalue weighted by Gasteiger charge is 2.51. The number of aliphatic hydroxyl groups is 3. The normalized spacial score (nSPS) is 39.1. The maximum Gasteiger partial charge on any atom is 0.185 e. The predicted octanol–water partition coefficient (Wildman–Crippen LogP) is 2.20. The van der Waals surface area contributed by atoms with Gasteiger partial charge in [-0.2, -0.15) is 0 Å². The first-order valence-corrected chi connectivity index (χ1v) is 17.7. The number of nitrogens with zero attached hydrogens (tertiary/aromatic N) is 1. The fraction of sp³-hybridized carbons (Fsp3) is 0.806. The van der Waals surface area contributed by atoms with Crippen molar-refractivity contribution in [1.29, 1.82) is 0 Å². The lowest BCUT2D eigenvalue weighted by Crippen LogP contribution is -2.67. The second kappa shape index (κ2) is 19.2. The van der Waals surface area contributed by atoms with Gasteiger partial charge in [-0.15, -0.1) is 0 Å². The molecule has 0 radical (unpaired) electrons. The summed E-state index contributed by atoms with van der Waals surface area (Å²) in [6.45, 7) is 12.1. The summed E-state index contributed by atoms with van der Waals surface area (Å²) in [5, 5.41) is 39.8. The Morgan fingerprint density at radius 1 is 0.958 bits per heavy atom. The van der Waals surface area contributed by atoms with E-state index in [0.29, 0.717) is 12.8 Å². The molecule has 13 atom stereocenters. The molecule has 1 saturated carbocycles. The molecule has 0 aromatic heterocycles. The number of ether oxygens (including phenoxy) is 4. The number of aliphatic imine (C=N–C) groups is 1. The van der Waals surface area contributed by atoms with Crippen LogP contribution in [0.3, 0.4) is 0 Å². The molecule has 9 N–H and O–H groups in total. The maximum atomic E-state index is 11.8. The Morgan fingerprint density at radius 3 is 2.29 bits per heavy atom. The van der Waals surface area contributed by atoms with Crippen LogP contribution in [0.5, 0.6) is 0 Å². The van der Waals surface area contributed by atoms with Gasteiger partial charge < -0.3 is 56.4 Å². The minimum absolute atomic E-state index is 0.0724. The van der Waals surface area contributed by atoms with Crippen molar-refractivity contribution in [2.45, 2.75) is 165 Å². The van der Waals surface area contributed by atoms with E-state index in [1.54, 1.807) is 20.2 Å². The fourth-order valence-electron chi connectivity index (χ4n) is 6.71. The summed E-state index contributed by atoms with van der Waals surface area (Å²) in [6.07, 6.45) is 7.84. The van der Waals surface area contributed by atoms with E-state index in [0.717, 1.165) is 32.1 Å². The standard InChI is InChI=1S/C36H65N5O7/c1-21(2)11-9-12-22(3)13-10-14-23(4)17-18-41-27-19-26(38)31(47-34-25(37)15-16-28(46-34)24(5)39-7)29(42)32(27)48-35-30(43)33(40-8)36(6,44)20-45-35/h11,13,17-18,24-35,39-40,42-44H,9-10,12,14-16,19-20,37-38H2,1-8H3/b22-13+,23-17+,41-18?/t24?,25?,26?,27-,28?,29?,30?,31?,32?,33?,34?,35?,36?/m0/s1. The van der Waals surface area contributed by atoms with E-state index in [1.165, 1.54) is 16.7 Å². The average Bonchev–Trinajstić information content (AvgIpc) is 3.02. The topological polar surface area (TPSA) is 186 Å². The van der Waals surface area contributed by atoms with Crippen LogP contribution in [0.2, 0.25) is 0 Å². The summed E-state index contributed by atoms with van der Waals surface area (Å²) >= 11 is 0. The van der Waals surface area contributed by atoms with Crippen molar-refractivity contribution >= 4 is 6.21 Å². The Labute approximate surface area is 288 Å². The Kier molecular flexibility index (Phi) is 16.3. The van der Waals surface area contributed by atoms with Crippen LogP contribution >= 0.6 is 0 Å². The van der Waals surface area contributed by atoms with Crippen molar-refractivity contribution in [3.05, 3.63) is 34.9 Å². The Bertz CT molecular complexity index is 1110. The summed E-state index contributed by atoms with van der Waals surface area (Å²) in [7, 11) is 3.53. The molecule has 0 spiro atoms. The lowest BCUT2D eigenvalue weighted by molar-refractivity contribution is -0.307. The van der Waals surface area contributed by atoms with Gasteiger partial charge in [0.25, 0.3) is 0 Å². The van der Waals surface area contributed by atoms with E-state index < -0.39 is 60.7 Å². The second-order valence-electron chi connectivity index (χ2n) is 14.5. The molecule has 0 aromatic rings. The smallest absolute Gasteiger partial charge is 0.185 e. The molecule has 12 unspecified atom stereocenters. The highest BCUT2D eigenvalue weighted by atomic mass is 16.7. The van der Waals surface area contributed by atoms with Crippen LogP contribution in [-0.2, 0) is 18.9 Å². The number of hydrogen-bond acceptors (Lipinski definition) is 12. The van der Waals surface area contributed by atoms with E-state index in [-0.39, 0.29) is 24.8 Å². The minimum Gasteiger partial charge on any atom is -0.388 e. The highest BCUT2D eigenvalue weighted by Crippen LogP contribution is 2.33. The minimum atomic E-state index is -1.32. The second-order valence-corrected chi connectivity index (χ2v) is 14.5. The van der Waals surface area contributed by atoms with Crippen LogP contribution in [-0.4, -0.2) is 121 Å². The van der Waals surface area contributed by atoms with Gasteiger partial charge in [0.1, 0.15) is 30.0 Å². The molecule has 12 nitrogen and oxygen atoms in total. The number of rotatable bonds is 15. The SMILES string of the molecule is CNC(C)C1CCC(N)C(OC2C(N)C[C@H](N=C/C=C(\C)CC/C=C(\C)CCC=C(C)C)C(OC3OCC(C)(O)C(NC)C3O)C2O)O1. The van der Waals surface area contributed by atoms with Gasteiger partial charge in [0.15, 0.2) is 12.6 Å². The zero-order valence-corrected chi connectivity index (χ0v) is 30.5. The van der Waals surface area contributed by atoms with Gasteiger partial charge in [-0.05, 0) is 107 Å². The van der Waals surface area contributed by atoms with E-state index in [1.807, 2.05) is 20.0 Å². The first-order chi connectivity index (χ1) is 22.7. The lowest BCUT2D eigenvalue weighted by atomic mass is 9.83. The van der Waals surface area contributed by atoms with Crippen molar-refractivity contribution in [1.82, 2.24) is 10.6 Å². The third-order valence-corrected chi connectivity index (χ3v) is 9.93. The molecular formula is C36H65N5O7. The molecular weight excluding hydrogens is 614 g/mol. The first kappa shape index (κ1) is 40.9. The largest absolute Gasteiger partial charge is 0.388 e. The summed E-state index contributed by atoms with van der Waals surface area (Å²) < 4.78 is 24.7. The molecule has 0 amide bonds. The molecule has 2 heterocycles. The van der Waals surface area contributed by atoms with Crippen LogP contribution < -0.4 is 22.1 Å². The average molecular weight is 680 g/mol. The molecule has 0 aromatic carbocycles. The lowest BCUT2D eigenvalue weighted by Gasteiger charge is -2.48. The van der Waals surface area contributed by atoms with Crippen LogP contribution in [0.1, 0.15) is 86.5 Å². The van der Waals surface area contributed by atoms with Crippen LogP contribution in [0.4, 0.5) is 0 Å². The van der Waals surface area contributed by atoms with Gasteiger partial charge >= 0.3 is 0 Å². The molecule has 0 bridgehead atoms. The molecule has 2 aliphatic heterocycles. The Morgan fingerprint density at radius 2 is 1.62 bits per heavy atom. The van der Waals surface area contributed by atoms with Gasteiger partial charge in [0.2, 0.25) is 0 Å². The zero-order valence-electron chi connectivity index (χ0n) is 30.5. The highest BCUT2D eigenvalue weighted by molar-refractivity contribution is 5.72. The summed E-state index contributed by atoms with van der Waals surface area (Å²) in [5.74, 6) is 0. The number of likely N-dealkylation sites (N-methyl/N-ethyl adjacent to an activating group) is 2.